The number of aromatic nitrogens is 2. The van der Waals surface area contributed by atoms with E-state index in [0.29, 0.717) is 11.9 Å². The van der Waals surface area contributed by atoms with Crippen molar-refractivity contribution in [2.24, 2.45) is 0 Å². The standard InChI is InChI=1S/C10H20N4/c1-5-14-9(6-10(11)12-14)7-13(4)8(2)3/h6,8H,5,7H2,1-4H3,(H2,11,12). The normalized spacial score (nSPS) is 11.6. The number of hydrogen-bond acceptors (Lipinski definition) is 3. The van der Waals surface area contributed by atoms with E-state index in [2.05, 4.69) is 37.8 Å². The van der Waals surface area contributed by atoms with Crippen molar-refractivity contribution in [3.8, 4) is 0 Å². The molecular formula is C10H20N4. The zero-order chi connectivity index (χ0) is 10.7. The molecule has 0 radical (unpaired) electrons. The number of hydrogen-bond donors (Lipinski definition) is 1. The molecule has 1 heterocycles. The highest BCUT2D eigenvalue weighted by atomic mass is 15.3. The van der Waals surface area contributed by atoms with Crippen LogP contribution in [0.4, 0.5) is 5.82 Å². The SMILES string of the molecule is CCn1nc(N)cc1CN(C)C(C)C. The Bertz CT molecular complexity index is 290. The predicted octanol–water partition coefficient (Wildman–Crippen LogP) is 1.33. The molecule has 4 heteroatoms. The number of anilines is 1. The fraction of sp³-hybridized carbons (Fsp3) is 0.700. The minimum Gasteiger partial charge on any atom is -0.382 e. The minimum atomic E-state index is 0.538. The van der Waals surface area contributed by atoms with E-state index in [4.69, 9.17) is 5.73 Å². The Hall–Kier alpha value is -1.03. The first kappa shape index (κ1) is 11.0. The van der Waals surface area contributed by atoms with Crippen LogP contribution in [0.5, 0.6) is 0 Å². The lowest BCUT2D eigenvalue weighted by atomic mass is 10.3. The molecule has 1 rings (SSSR count). The zero-order valence-corrected chi connectivity index (χ0v) is 9.49. The maximum Gasteiger partial charge on any atom is 0.145 e. The third kappa shape index (κ3) is 2.48. The van der Waals surface area contributed by atoms with Crippen LogP contribution in [-0.2, 0) is 13.1 Å². The van der Waals surface area contributed by atoms with Crippen molar-refractivity contribution in [2.75, 3.05) is 12.8 Å². The molecule has 0 amide bonds. The lowest BCUT2D eigenvalue weighted by Crippen LogP contribution is -2.26. The molecule has 14 heavy (non-hydrogen) atoms. The van der Waals surface area contributed by atoms with Crippen molar-refractivity contribution in [1.29, 1.82) is 0 Å². The van der Waals surface area contributed by atoms with Gasteiger partial charge in [-0.2, -0.15) is 5.10 Å². The summed E-state index contributed by atoms with van der Waals surface area (Å²) in [5.74, 6) is 0.610. The summed E-state index contributed by atoms with van der Waals surface area (Å²) in [6.45, 7) is 8.20. The summed E-state index contributed by atoms with van der Waals surface area (Å²) in [4.78, 5) is 2.27. The van der Waals surface area contributed by atoms with Gasteiger partial charge in [-0.15, -0.1) is 0 Å². The molecule has 0 fully saturated rings. The Morgan fingerprint density at radius 2 is 2.21 bits per heavy atom. The third-order valence-electron chi connectivity index (χ3n) is 2.47. The quantitative estimate of drug-likeness (QED) is 0.790. The van der Waals surface area contributed by atoms with Gasteiger partial charge in [0.15, 0.2) is 0 Å². The first-order valence-electron chi connectivity index (χ1n) is 5.07. The number of rotatable bonds is 4. The monoisotopic (exact) mass is 196 g/mol. The van der Waals surface area contributed by atoms with E-state index in [1.54, 1.807) is 0 Å². The Morgan fingerprint density at radius 3 is 2.71 bits per heavy atom. The van der Waals surface area contributed by atoms with Gasteiger partial charge in [-0.3, -0.25) is 9.58 Å². The van der Waals surface area contributed by atoms with Gasteiger partial charge >= 0.3 is 0 Å². The minimum absolute atomic E-state index is 0.538. The summed E-state index contributed by atoms with van der Waals surface area (Å²) >= 11 is 0. The van der Waals surface area contributed by atoms with Gasteiger partial charge in [0.2, 0.25) is 0 Å². The van der Waals surface area contributed by atoms with Gasteiger partial charge < -0.3 is 5.73 Å². The van der Waals surface area contributed by atoms with Crippen LogP contribution in [0.25, 0.3) is 0 Å². The fourth-order valence-electron chi connectivity index (χ4n) is 1.32. The molecule has 0 aliphatic heterocycles. The van der Waals surface area contributed by atoms with Crippen molar-refractivity contribution < 1.29 is 0 Å². The van der Waals surface area contributed by atoms with Crippen LogP contribution >= 0.6 is 0 Å². The lowest BCUT2D eigenvalue weighted by Gasteiger charge is -2.20. The summed E-state index contributed by atoms with van der Waals surface area (Å²) in [7, 11) is 2.11. The van der Waals surface area contributed by atoms with Gasteiger partial charge in [0, 0.05) is 25.2 Å². The van der Waals surface area contributed by atoms with Crippen LogP contribution in [0.2, 0.25) is 0 Å². The number of aryl methyl sites for hydroxylation is 1. The zero-order valence-electron chi connectivity index (χ0n) is 9.49. The molecule has 0 unspecified atom stereocenters. The van der Waals surface area contributed by atoms with Crippen molar-refractivity contribution in [1.82, 2.24) is 14.7 Å². The van der Waals surface area contributed by atoms with Crippen molar-refractivity contribution in [2.45, 2.75) is 39.9 Å². The van der Waals surface area contributed by atoms with E-state index in [1.807, 2.05) is 10.7 Å². The van der Waals surface area contributed by atoms with Gasteiger partial charge in [0.1, 0.15) is 5.82 Å². The molecule has 0 saturated carbocycles. The second-order valence-electron chi connectivity index (χ2n) is 3.89. The molecule has 2 N–H and O–H groups in total. The van der Waals surface area contributed by atoms with Crippen LogP contribution < -0.4 is 5.73 Å². The van der Waals surface area contributed by atoms with E-state index in [9.17, 15) is 0 Å². The van der Waals surface area contributed by atoms with Gasteiger partial charge in [0.25, 0.3) is 0 Å². The van der Waals surface area contributed by atoms with E-state index in [1.165, 1.54) is 5.69 Å². The van der Waals surface area contributed by atoms with E-state index in [-0.39, 0.29) is 0 Å². The number of nitrogens with zero attached hydrogens (tertiary/aromatic N) is 3. The number of nitrogen functional groups attached to an aromatic ring is 1. The maximum atomic E-state index is 5.66. The summed E-state index contributed by atoms with van der Waals surface area (Å²) in [5.41, 5.74) is 6.84. The Morgan fingerprint density at radius 1 is 1.57 bits per heavy atom. The molecular weight excluding hydrogens is 176 g/mol. The first-order chi connectivity index (χ1) is 6.54. The molecule has 0 aliphatic carbocycles. The number of nitrogens with two attached hydrogens (primary N) is 1. The van der Waals surface area contributed by atoms with Crippen LogP contribution in [0.1, 0.15) is 26.5 Å². The summed E-state index contributed by atoms with van der Waals surface area (Å²) in [5, 5.41) is 4.21. The summed E-state index contributed by atoms with van der Waals surface area (Å²) < 4.78 is 1.95. The maximum absolute atomic E-state index is 5.66. The van der Waals surface area contributed by atoms with E-state index >= 15 is 0 Å². The molecule has 0 aromatic carbocycles. The van der Waals surface area contributed by atoms with Crippen LogP contribution in [0.15, 0.2) is 6.07 Å². The van der Waals surface area contributed by atoms with Crippen LogP contribution in [0, 0.1) is 0 Å². The highest BCUT2D eigenvalue weighted by Crippen LogP contribution is 2.09. The molecule has 0 atom stereocenters. The smallest absolute Gasteiger partial charge is 0.145 e. The second kappa shape index (κ2) is 4.46. The Balaban J connectivity index is 2.74. The van der Waals surface area contributed by atoms with Gasteiger partial charge in [-0.05, 0) is 27.8 Å². The molecule has 0 bridgehead atoms. The molecule has 1 aromatic heterocycles. The van der Waals surface area contributed by atoms with E-state index in [0.717, 1.165) is 13.1 Å². The molecule has 0 aliphatic rings. The average Bonchev–Trinajstić information content (AvgIpc) is 2.45. The van der Waals surface area contributed by atoms with Gasteiger partial charge in [-0.1, -0.05) is 0 Å². The van der Waals surface area contributed by atoms with Gasteiger partial charge in [0.05, 0.1) is 5.69 Å². The molecule has 80 valence electrons. The topological polar surface area (TPSA) is 47.1 Å². The molecule has 4 nitrogen and oxygen atoms in total. The highest BCUT2D eigenvalue weighted by molar-refractivity contribution is 5.29. The predicted molar refractivity (Wildman–Crippen MR) is 58.9 cm³/mol. The van der Waals surface area contributed by atoms with Crippen molar-refractivity contribution >= 4 is 5.82 Å². The fourth-order valence-corrected chi connectivity index (χ4v) is 1.32. The Labute approximate surface area is 85.7 Å². The Kier molecular flexibility index (Phi) is 3.52. The summed E-state index contributed by atoms with van der Waals surface area (Å²) in [6, 6.07) is 2.49. The lowest BCUT2D eigenvalue weighted by molar-refractivity contribution is 0.257. The van der Waals surface area contributed by atoms with Gasteiger partial charge in [-0.25, -0.2) is 0 Å². The molecule has 0 saturated heterocycles. The molecule has 0 spiro atoms. The second-order valence-corrected chi connectivity index (χ2v) is 3.89. The molecule has 1 aromatic rings. The van der Waals surface area contributed by atoms with E-state index < -0.39 is 0 Å². The van der Waals surface area contributed by atoms with Crippen molar-refractivity contribution in [3.63, 3.8) is 0 Å². The first-order valence-corrected chi connectivity index (χ1v) is 5.07. The van der Waals surface area contributed by atoms with Crippen LogP contribution in [-0.4, -0.2) is 27.8 Å². The highest BCUT2D eigenvalue weighted by Gasteiger charge is 2.09. The largest absolute Gasteiger partial charge is 0.382 e. The third-order valence-corrected chi connectivity index (χ3v) is 2.47. The van der Waals surface area contributed by atoms with Crippen LogP contribution in [0.3, 0.4) is 0 Å². The average molecular weight is 196 g/mol. The van der Waals surface area contributed by atoms with Crippen molar-refractivity contribution in [3.05, 3.63) is 11.8 Å². The summed E-state index contributed by atoms with van der Waals surface area (Å²) in [6.07, 6.45) is 0.